The molecule has 4 rings (SSSR count). The van der Waals surface area contributed by atoms with Crippen LogP contribution in [0.3, 0.4) is 0 Å². The summed E-state index contributed by atoms with van der Waals surface area (Å²) >= 11 is 12.1. The van der Waals surface area contributed by atoms with Gasteiger partial charge in [-0.2, -0.15) is 0 Å². The van der Waals surface area contributed by atoms with Crippen LogP contribution in [-0.2, 0) is 14.3 Å². The largest absolute Gasteiger partial charge is 0.465 e. The highest BCUT2D eigenvalue weighted by molar-refractivity contribution is 6.53. The number of imide groups is 1. The zero-order chi connectivity index (χ0) is 26.0. The van der Waals surface area contributed by atoms with Crippen LogP contribution in [0.5, 0.6) is 0 Å². The molecule has 10 heteroatoms. The summed E-state index contributed by atoms with van der Waals surface area (Å²) in [5.41, 5.74) is 2.30. The van der Waals surface area contributed by atoms with Crippen molar-refractivity contribution in [3.8, 4) is 0 Å². The van der Waals surface area contributed by atoms with E-state index in [1.165, 1.54) is 31.4 Å². The summed E-state index contributed by atoms with van der Waals surface area (Å²) in [6, 6.07) is 17.3. The van der Waals surface area contributed by atoms with Gasteiger partial charge in [0.1, 0.15) is 10.7 Å². The Hall–Kier alpha value is -4.14. The van der Waals surface area contributed by atoms with Crippen molar-refractivity contribution in [1.29, 1.82) is 0 Å². The zero-order valence-corrected chi connectivity index (χ0v) is 20.6. The van der Waals surface area contributed by atoms with E-state index in [1.807, 2.05) is 0 Å². The zero-order valence-electron chi connectivity index (χ0n) is 19.1. The predicted octanol–water partition coefficient (Wildman–Crippen LogP) is 5.12. The Balaban J connectivity index is 1.56. The number of ether oxygens (including phenoxy) is 1. The molecular formula is C26H19Cl2N3O5. The number of amides is 3. The van der Waals surface area contributed by atoms with Crippen molar-refractivity contribution in [3.63, 3.8) is 0 Å². The lowest BCUT2D eigenvalue weighted by Gasteiger charge is -2.16. The predicted molar refractivity (Wildman–Crippen MR) is 137 cm³/mol. The summed E-state index contributed by atoms with van der Waals surface area (Å²) in [5, 5.41) is 5.81. The standard InChI is InChI=1S/C26H19Cl2N3O5/c1-14-6-7-15(23(32)29-18-5-3-4-16(12-18)26(35)36-2)13-20(14)30-22-21(28)24(33)31(25(22)34)19-10-8-17(27)9-11-19/h3-13,30H,1-2H3,(H,29,32). The molecule has 3 aromatic rings. The third kappa shape index (κ3) is 4.95. The molecule has 8 nitrogen and oxygen atoms in total. The Morgan fingerprint density at radius 1 is 0.889 bits per heavy atom. The van der Waals surface area contributed by atoms with Crippen molar-refractivity contribution < 1.29 is 23.9 Å². The van der Waals surface area contributed by atoms with Crippen molar-refractivity contribution in [2.75, 3.05) is 22.6 Å². The number of esters is 1. The monoisotopic (exact) mass is 523 g/mol. The summed E-state index contributed by atoms with van der Waals surface area (Å²) < 4.78 is 4.70. The second-order valence-corrected chi connectivity index (χ2v) is 8.61. The SMILES string of the molecule is COC(=O)c1cccc(NC(=O)c2ccc(C)c(NC3=C(Cl)C(=O)N(c4ccc(Cl)cc4)C3=O)c2)c1. The second-order valence-electron chi connectivity index (χ2n) is 7.79. The molecule has 0 aromatic heterocycles. The Kier molecular flexibility index (Phi) is 7.10. The first kappa shape index (κ1) is 25.0. The number of hydrogen-bond donors (Lipinski definition) is 2. The van der Waals surface area contributed by atoms with Crippen LogP contribution in [-0.4, -0.2) is 30.8 Å². The number of anilines is 3. The number of benzene rings is 3. The first-order valence-electron chi connectivity index (χ1n) is 10.6. The third-order valence-corrected chi connectivity index (χ3v) is 6.02. The Morgan fingerprint density at radius 3 is 2.31 bits per heavy atom. The van der Waals surface area contributed by atoms with Gasteiger partial charge in [0.05, 0.1) is 18.4 Å². The van der Waals surface area contributed by atoms with Crippen LogP contribution >= 0.6 is 23.2 Å². The fraction of sp³-hybridized carbons (Fsp3) is 0.0769. The Bertz CT molecular complexity index is 1430. The molecule has 1 aliphatic rings. The smallest absolute Gasteiger partial charge is 0.337 e. The molecular weight excluding hydrogens is 505 g/mol. The summed E-state index contributed by atoms with van der Waals surface area (Å²) in [6.07, 6.45) is 0. The van der Waals surface area contributed by atoms with Crippen molar-refractivity contribution in [2.45, 2.75) is 6.92 Å². The Morgan fingerprint density at radius 2 is 1.61 bits per heavy atom. The van der Waals surface area contributed by atoms with Crippen LogP contribution in [0, 0.1) is 6.92 Å². The van der Waals surface area contributed by atoms with E-state index in [1.54, 1.807) is 49.4 Å². The molecule has 0 aliphatic carbocycles. The molecule has 0 radical (unpaired) electrons. The average Bonchev–Trinajstić information content (AvgIpc) is 3.08. The van der Waals surface area contributed by atoms with Crippen molar-refractivity contribution >= 4 is 64.0 Å². The van der Waals surface area contributed by atoms with Gasteiger partial charge in [0, 0.05) is 22.0 Å². The van der Waals surface area contributed by atoms with Gasteiger partial charge in [-0.15, -0.1) is 0 Å². The number of nitrogens with zero attached hydrogens (tertiary/aromatic N) is 1. The number of carbonyl (C=O) groups is 4. The molecule has 2 N–H and O–H groups in total. The molecule has 0 spiro atoms. The average molecular weight is 524 g/mol. The minimum absolute atomic E-state index is 0.108. The number of aryl methyl sites for hydroxylation is 1. The molecule has 0 saturated carbocycles. The number of nitrogens with one attached hydrogen (secondary N) is 2. The first-order valence-corrected chi connectivity index (χ1v) is 11.4. The minimum atomic E-state index is -0.677. The van der Waals surface area contributed by atoms with E-state index < -0.39 is 23.7 Å². The lowest BCUT2D eigenvalue weighted by atomic mass is 10.1. The van der Waals surface area contributed by atoms with Crippen molar-refractivity contribution in [1.82, 2.24) is 0 Å². The molecule has 0 unspecified atom stereocenters. The number of methoxy groups -OCH3 is 1. The third-order valence-electron chi connectivity index (χ3n) is 5.41. The van der Waals surface area contributed by atoms with Gasteiger partial charge in [-0.1, -0.05) is 35.3 Å². The van der Waals surface area contributed by atoms with E-state index in [4.69, 9.17) is 27.9 Å². The van der Waals surface area contributed by atoms with Crippen LogP contribution in [0.1, 0.15) is 26.3 Å². The van der Waals surface area contributed by atoms with Gasteiger partial charge in [-0.05, 0) is 67.1 Å². The molecule has 36 heavy (non-hydrogen) atoms. The number of hydrogen-bond acceptors (Lipinski definition) is 6. The Labute approximate surface area is 216 Å². The maximum absolute atomic E-state index is 13.0. The van der Waals surface area contributed by atoms with Gasteiger partial charge >= 0.3 is 5.97 Å². The van der Waals surface area contributed by atoms with Crippen molar-refractivity contribution in [3.05, 3.63) is 99.2 Å². The van der Waals surface area contributed by atoms with Crippen LogP contribution < -0.4 is 15.5 Å². The van der Waals surface area contributed by atoms with Crippen LogP contribution in [0.25, 0.3) is 0 Å². The lowest BCUT2D eigenvalue weighted by molar-refractivity contribution is -0.120. The maximum atomic E-state index is 13.0. The molecule has 0 saturated heterocycles. The molecule has 3 amide bonds. The van der Waals surface area contributed by atoms with E-state index in [-0.39, 0.29) is 21.9 Å². The van der Waals surface area contributed by atoms with E-state index >= 15 is 0 Å². The second kappa shape index (κ2) is 10.2. The van der Waals surface area contributed by atoms with Crippen molar-refractivity contribution in [2.24, 2.45) is 0 Å². The van der Waals surface area contributed by atoms with Crippen LogP contribution in [0.4, 0.5) is 17.1 Å². The quantitative estimate of drug-likeness (QED) is 0.343. The number of halogens is 2. The van der Waals surface area contributed by atoms with Crippen LogP contribution in [0.15, 0.2) is 77.5 Å². The summed E-state index contributed by atoms with van der Waals surface area (Å²) in [4.78, 5) is 51.3. The molecule has 0 atom stereocenters. The van der Waals surface area contributed by atoms with Gasteiger partial charge in [-0.25, -0.2) is 9.69 Å². The number of carbonyl (C=O) groups excluding carboxylic acids is 4. The molecule has 182 valence electrons. The highest BCUT2D eigenvalue weighted by atomic mass is 35.5. The van der Waals surface area contributed by atoms with Gasteiger partial charge in [0.15, 0.2) is 0 Å². The molecule has 1 heterocycles. The highest BCUT2D eigenvalue weighted by Gasteiger charge is 2.39. The molecule has 0 bridgehead atoms. The highest BCUT2D eigenvalue weighted by Crippen LogP contribution is 2.31. The van der Waals surface area contributed by atoms with Gasteiger partial charge in [0.25, 0.3) is 17.7 Å². The number of rotatable bonds is 6. The summed E-state index contributed by atoms with van der Waals surface area (Å²) in [7, 11) is 1.27. The topological polar surface area (TPSA) is 105 Å². The fourth-order valence-electron chi connectivity index (χ4n) is 3.51. The van der Waals surface area contributed by atoms with E-state index in [0.29, 0.717) is 27.6 Å². The molecule has 0 fully saturated rings. The maximum Gasteiger partial charge on any atom is 0.337 e. The van der Waals surface area contributed by atoms with Gasteiger partial charge < -0.3 is 15.4 Å². The van der Waals surface area contributed by atoms with Crippen LogP contribution in [0.2, 0.25) is 5.02 Å². The minimum Gasteiger partial charge on any atom is -0.465 e. The van der Waals surface area contributed by atoms with Gasteiger partial charge in [0.2, 0.25) is 0 Å². The fourth-order valence-corrected chi connectivity index (χ4v) is 3.85. The summed E-state index contributed by atoms with van der Waals surface area (Å²) in [6.45, 7) is 1.77. The first-order chi connectivity index (χ1) is 17.2. The lowest BCUT2D eigenvalue weighted by Crippen LogP contribution is -2.32. The van der Waals surface area contributed by atoms with E-state index in [9.17, 15) is 19.2 Å². The van der Waals surface area contributed by atoms with E-state index in [2.05, 4.69) is 10.6 Å². The molecule has 1 aliphatic heterocycles. The van der Waals surface area contributed by atoms with Gasteiger partial charge in [-0.3, -0.25) is 14.4 Å². The molecule has 3 aromatic carbocycles. The summed E-state index contributed by atoms with van der Waals surface area (Å²) in [5.74, 6) is -2.29. The van der Waals surface area contributed by atoms with E-state index in [0.717, 1.165) is 4.90 Å². The normalized spacial score (nSPS) is 13.2.